The summed E-state index contributed by atoms with van der Waals surface area (Å²) in [5.41, 5.74) is 10.4. The van der Waals surface area contributed by atoms with Crippen LogP contribution in [0, 0.1) is 0 Å². The predicted octanol–water partition coefficient (Wildman–Crippen LogP) is 3.06. The second-order valence-electron chi connectivity index (χ2n) is 6.07. The van der Waals surface area contributed by atoms with Crippen LogP contribution in [0.1, 0.15) is 49.4 Å². The van der Waals surface area contributed by atoms with Crippen molar-refractivity contribution >= 4 is 34.3 Å². The van der Waals surface area contributed by atoms with Gasteiger partial charge in [-0.1, -0.05) is 19.3 Å². The minimum Gasteiger partial charge on any atom is -0.478 e. The van der Waals surface area contributed by atoms with E-state index in [1.165, 1.54) is 38.2 Å². The summed E-state index contributed by atoms with van der Waals surface area (Å²) >= 11 is 1.56. The summed E-state index contributed by atoms with van der Waals surface area (Å²) in [4.78, 5) is 16.0. The van der Waals surface area contributed by atoms with Crippen molar-refractivity contribution < 1.29 is 9.90 Å². The summed E-state index contributed by atoms with van der Waals surface area (Å²) in [6.07, 6.45) is 6.22. The molecule has 124 valence electrons. The molecule has 1 unspecified atom stereocenters. The number of nitrogens with two attached hydrogens (primary N) is 1. The van der Waals surface area contributed by atoms with Crippen molar-refractivity contribution in [2.45, 2.75) is 51.1 Å². The largest absolute Gasteiger partial charge is 0.478 e. The standard InChI is InChI=1S/C16H22N4O2S/c1-10-15(18-11-5-3-2-4-6-11)23-20(19-10)12-7-8-13(16(21)22)14(17)9-12/h7-11,19H,2-6,17H2,1H3,(H,21,22). The number of rotatable bonds is 3. The molecule has 0 aromatic heterocycles. The third kappa shape index (κ3) is 3.61. The van der Waals surface area contributed by atoms with E-state index in [9.17, 15) is 4.79 Å². The van der Waals surface area contributed by atoms with Crippen LogP contribution in [0.15, 0.2) is 23.2 Å². The molecule has 1 aliphatic carbocycles. The molecule has 1 saturated heterocycles. The van der Waals surface area contributed by atoms with Crippen LogP contribution in [-0.2, 0) is 0 Å². The highest BCUT2D eigenvalue weighted by Gasteiger charge is 2.28. The zero-order valence-electron chi connectivity index (χ0n) is 13.2. The molecule has 1 aromatic carbocycles. The molecular formula is C16H22N4O2S. The van der Waals surface area contributed by atoms with Crippen molar-refractivity contribution in [2.24, 2.45) is 4.99 Å². The summed E-state index contributed by atoms with van der Waals surface area (Å²) in [6.45, 7) is 2.09. The van der Waals surface area contributed by atoms with Crippen LogP contribution in [0.25, 0.3) is 0 Å². The number of hydrazine groups is 1. The smallest absolute Gasteiger partial charge is 0.337 e. The van der Waals surface area contributed by atoms with Crippen LogP contribution in [-0.4, -0.2) is 28.2 Å². The number of nitrogens with zero attached hydrogens (tertiary/aromatic N) is 2. The lowest BCUT2D eigenvalue weighted by Gasteiger charge is -2.18. The zero-order valence-corrected chi connectivity index (χ0v) is 14.0. The van der Waals surface area contributed by atoms with Crippen molar-refractivity contribution in [3.05, 3.63) is 23.8 Å². The van der Waals surface area contributed by atoms with Crippen LogP contribution in [0.2, 0.25) is 0 Å². The summed E-state index contributed by atoms with van der Waals surface area (Å²) in [5, 5.41) is 10.1. The number of anilines is 2. The van der Waals surface area contributed by atoms with Gasteiger partial charge in [0.2, 0.25) is 0 Å². The first-order valence-electron chi connectivity index (χ1n) is 7.99. The van der Waals surface area contributed by atoms with Crippen molar-refractivity contribution in [3.63, 3.8) is 0 Å². The maximum atomic E-state index is 11.0. The molecule has 0 radical (unpaired) electrons. The van der Waals surface area contributed by atoms with E-state index in [4.69, 9.17) is 15.8 Å². The molecule has 1 heterocycles. The summed E-state index contributed by atoms with van der Waals surface area (Å²) in [5.74, 6) is -1.01. The van der Waals surface area contributed by atoms with Gasteiger partial charge in [-0.2, -0.15) is 0 Å². The molecule has 6 nitrogen and oxygen atoms in total. The Labute approximate surface area is 140 Å². The first-order chi connectivity index (χ1) is 11.0. The summed E-state index contributed by atoms with van der Waals surface area (Å²) in [7, 11) is 0. The number of aromatic carboxylic acids is 1. The van der Waals surface area contributed by atoms with Crippen LogP contribution >= 0.6 is 11.9 Å². The number of carboxylic acid groups (broad SMARTS) is 1. The van der Waals surface area contributed by atoms with Gasteiger partial charge in [0, 0.05) is 17.6 Å². The van der Waals surface area contributed by atoms with Gasteiger partial charge in [-0.05, 0) is 38.0 Å². The van der Waals surface area contributed by atoms with E-state index in [0.717, 1.165) is 10.7 Å². The highest BCUT2D eigenvalue weighted by atomic mass is 32.2. The second-order valence-corrected chi connectivity index (χ2v) is 7.04. The van der Waals surface area contributed by atoms with Gasteiger partial charge in [-0.15, -0.1) is 0 Å². The average molecular weight is 334 g/mol. The van der Waals surface area contributed by atoms with Crippen molar-refractivity contribution in [2.75, 3.05) is 10.1 Å². The lowest BCUT2D eigenvalue weighted by molar-refractivity contribution is 0.0698. The fraction of sp³-hybridized carbons (Fsp3) is 0.500. The highest BCUT2D eigenvalue weighted by molar-refractivity contribution is 8.15. The number of hydrogen-bond donors (Lipinski definition) is 3. The van der Waals surface area contributed by atoms with Gasteiger partial charge >= 0.3 is 5.97 Å². The fourth-order valence-electron chi connectivity index (χ4n) is 2.95. The number of aliphatic imine (C=N–C) groups is 1. The SMILES string of the molecule is CC1NN(c2ccc(C(=O)O)c(N)c2)SC1=NC1CCCCC1. The second kappa shape index (κ2) is 6.80. The van der Waals surface area contributed by atoms with Crippen LogP contribution in [0.3, 0.4) is 0 Å². The van der Waals surface area contributed by atoms with Crippen molar-refractivity contribution in [1.82, 2.24) is 5.43 Å². The minimum atomic E-state index is -1.01. The van der Waals surface area contributed by atoms with Gasteiger partial charge in [-0.25, -0.2) is 14.6 Å². The predicted molar refractivity (Wildman–Crippen MR) is 94.8 cm³/mol. The third-order valence-corrected chi connectivity index (χ3v) is 5.40. The number of nitrogen functional groups attached to an aromatic ring is 1. The molecule has 3 rings (SSSR count). The number of carbonyl (C=O) groups is 1. The van der Waals surface area contributed by atoms with E-state index in [1.807, 2.05) is 4.41 Å². The first kappa shape index (κ1) is 16.1. The highest BCUT2D eigenvalue weighted by Crippen LogP contribution is 2.32. The van der Waals surface area contributed by atoms with Gasteiger partial charge in [0.25, 0.3) is 0 Å². The number of hydrogen-bond acceptors (Lipinski definition) is 6. The van der Waals surface area contributed by atoms with E-state index >= 15 is 0 Å². The first-order valence-corrected chi connectivity index (χ1v) is 8.76. The van der Waals surface area contributed by atoms with Gasteiger partial charge in [0.1, 0.15) is 5.04 Å². The lowest BCUT2D eigenvalue weighted by Crippen LogP contribution is -2.33. The third-order valence-electron chi connectivity index (χ3n) is 4.25. The molecule has 0 bridgehead atoms. The molecule has 1 saturated carbocycles. The molecule has 4 N–H and O–H groups in total. The maximum Gasteiger partial charge on any atom is 0.337 e. The molecule has 2 fully saturated rings. The Bertz CT molecular complexity index is 629. The number of carboxylic acids is 1. The normalized spacial score (nSPS) is 24.3. The number of benzene rings is 1. The Hall–Kier alpha value is -1.73. The molecule has 1 aliphatic heterocycles. The van der Waals surface area contributed by atoms with Crippen LogP contribution < -0.4 is 15.6 Å². The molecule has 0 amide bonds. The average Bonchev–Trinajstić information content (AvgIpc) is 2.89. The van der Waals surface area contributed by atoms with Crippen LogP contribution in [0.5, 0.6) is 0 Å². The van der Waals surface area contributed by atoms with Crippen molar-refractivity contribution in [3.8, 4) is 0 Å². The lowest BCUT2D eigenvalue weighted by atomic mass is 9.96. The van der Waals surface area contributed by atoms with Gasteiger partial charge < -0.3 is 10.8 Å². The molecule has 23 heavy (non-hydrogen) atoms. The fourth-order valence-corrected chi connectivity index (χ4v) is 3.98. The summed E-state index contributed by atoms with van der Waals surface area (Å²) < 4.78 is 1.91. The Morgan fingerprint density at radius 2 is 2.13 bits per heavy atom. The molecule has 7 heteroatoms. The van der Waals surface area contributed by atoms with Gasteiger partial charge in [-0.3, -0.25) is 4.99 Å². The van der Waals surface area contributed by atoms with Gasteiger partial charge in [0.15, 0.2) is 0 Å². The van der Waals surface area contributed by atoms with E-state index in [2.05, 4.69) is 12.3 Å². The Balaban J connectivity index is 1.74. The van der Waals surface area contributed by atoms with E-state index in [1.54, 1.807) is 24.1 Å². The van der Waals surface area contributed by atoms with Crippen LogP contribution in [0.4, 0.5) is 11.4 Å². The quantitative estimate of drug-likeness (QED) is 0.581. The Morgan fingerprint density at radius 1 is 1.39 bits per heavy atom. The summed E-state index contributed by atoms with van der Waals surface area (Å²) in [6, 6.07) is 5.57. The maximum absolute atomic E-state index is 11.0. The Morgan fingerprint density at radius 3 is 2.78 bits per heavy atom. The van der Waals surface area contributed by atoms with E-state index in [0.29, 0.717) is 6.04 Å². The molecule has 1 atom stereocenters. The van der Waals surface area contributed by atoms with Gasteiger partial charge in [0.05, 0.1) is 23.3 Å². The molecule has 2 aliphatic rings. The zero-order chi connectivity index (χ0) is 16.4. The van der Waals surface area contributed by atoms with E-state index in [-0.39, 0.29) is 17.3 Å². The van der Waals surface area contributed by atoms with E-state index < -0.39 is 5.97 Å². The Kier molecular flexibility index (Phi) is 4.77. The molecule has 0 spiro atoms. The number of nitrogens with one attached hydrogen (secondary N) is 1. The molecular weight excluding hydrogens is 312 g/mol. The monoisotopic (exact) mass is 334 g/mol. The van der Waals surface area contributed by atoms with Crippen molar-refractivity contribution in [1.29, 1.82) is 0 Å². The topological polar surface area (TPSA) is 91.0 Å². The minimum absolute atomic E-state index is 0.127. The molecule has 1 aromatic rings.